The predicted octanol–water partition coefficient (Wildman–Crippen LogP) is 3.65. The number of carbonyl (C=O) groups is 1. The smallest absolute Gasteiger partial charge is 0.267 e. The van der Waals surface area contributed by atoms with Gasteiger partial charge in [0, 0.05) is 24.0 Å². The molecule has 0 radical (unpaired) electrons. The summed E-state index contributed by atoms with van der Waals surface area (Å²) in [7, 11) is 1.63. The van der Waals surface area contributed by atoms with E-state index in [0.717, 1.165) is 36.4 Å². The van der Waals surface area contributed by atoms with Gasteiger partial charge in [0.2, 0.25) is 0 Å². The fourth-order valence-corrected chi connectivity index (χ4v) is 5.14. The summed E-state index contributed by atoms with van der Waals surface area (Å²) in [4.78, 5) is 16.8. The average molecular weight is 379 g/mol. The van der Waals surface area contributed by atoms with Crippen molar-refractivity contribution in [2.45, 2.75) is 18.9 Å². The van der Waals surface area contributed by atoms with E-state index in [1.54, 1.807) is 7.11 Å². The van der Waals surface area contributed by atoms with Crippen LogP contribution in [0.5, 0.6) is 5.75 Å². The molecule has 3 unspecified atom stereocenters. The molecule has 1 aliphatic carbocycles. The number of amides is 1. The molecular formula is C19H23ClN2O2S. The van der Waals surface area contributed by atoms with Gasteiger partial charge in [-0.3, -0.25) is 4.79 Å². The van der Waals surface area contributed by atoms with Gasteiger partial charge in [-0.15, -0.1) is 23.7 Å². The zero-order valence-electron chi connectivity index (χ0n) is 14.2. The topological polar surface area (TPSA) is 55.6 Å². The van der Waals surface area contributed by atoms with Crippen molar-refractivity contribution in [1.82, 2.24) is 4.90 Å². The second-order valence-electron chi connectivity index (χ2n) is 6.75. The van der Waals surface area contributed by atoms with Crippen molar-refractivity contribution < 1.29 is 9.53 Å². The molecule has 2 aromatic rings. The molecule has 6 heteroatoms. The zero-order valence-corrected chi connectivity index (χ0v) is 15.8. The predicted molar refractivity (Wildman–Crippen MR) is 104 cm³/mol. The van der Waals surface area contributed by atoms with Gasteiger partial charge < -0.3 is 15.4 Å². The van der Waals surface area contributed by atoms with Crippen LogP contribution in [-0.4, -0.2) is 37.0 Å². The molecule has 2 fully saturated rings. The molecular weight excluding hydrogens is 356 g/mol. The monoisotopic (exact) mass is 378 g/mol. The molecule has 4 nitrogen and oxygen atoms in total. The van der Waals surface area contributed by atoms with Crippen LogP contribution in [0.3, 0.4) is 0 Å². The fraction of sp³-hybridized carbons (Fsp3) is 0.421. The Morgan fingerprint density at radius 1 is 1.24 bits per heavy atom. The van der Waals surface area contributed by atoms with Crippen LogP contribution in [0.25, 0.3) is 10.4 Å². The Hall–Kier alpha value is -1.56. The number of methoxy groups -OCH3 is 1. The standard InChI is InChI=1S/C19H22N2O2S.ClH/c1-23-16-9-17(12-5-3-2-4-6-12)24-18(16)19(22)21-10-13-7-8-15(20)14(13)11-21;/h2-6,9,13-15H,7-8,10-11,20H2,1H3;1H. The van der Waals surface area contributed by atoms with Crippen LogP contribution in [0, 0.1) is 11.8 Å². The number of fused-ring (bicyclic) bond motifs is 1. The molecule has 25 heavy (non-hydrogen) atoms. The van der Waals surface area contributed by atoms with E-state index in [9.17, 15) is 4.79 Å². The number of hydrogen-bond acceptors (Lipinski definition) is 4. The highest BCUT2D eigenvalue weighted by Crippen LogP contribution is 2.41. The summed E-state index contributed by atoms with van der Waals surface area (Å²) >= 11 is 1.51. The van der Waals surface area contributed by atoms with Gasteiger partial charge >= 0.3 is 0 Å². The first-order valence-corrected chi connectivity index (χ1v) is 9.27. The molecule has 2 N–H and O–H groups in total. The van der Waals surface area contributed by atoms with E-state index in [0.29, 0.717) is 22.5 Å². The highest BCUT2D eigenvalue weighted by Gasteiger charge is 2.43. The largest absolute Gasteiger partial charge is 0.495 e. The molecule has 3 atom stereocenters. The first kappa shape index (κ1) is 18.2. The third kappa shape index (κ3) is 3.28. The molecule has 1 amide bonds. The highest BCUT2D eigenvalue weighted by atomic mass is 35.5. The third-order valence-corrected chi connectivity index (χ3v) is 6.52. The quantitative estimate of drug-likeness (QED) is 0.886. The summed E-state index contributed by atoms with van der Waals surface area (Å²) in [6.07, 6.45) is 2.24. The van der Waals surface area contributed by atoms with E-state index >= 15 is 0 Å². The molecule has 0 spiro atoms. The highest BCUT2D eigenvalue weighted by molar-refractivity contribution is 7.17. The lowest BCUT2D eigenvalue weighted by Crippen LogP contribution is -2.33. The lowest BCUT2D eigenvalue weighted by Gasteiger charge is -2.18. The lowest BCUT2D eigenvalue weighted by molar-refractivity contribution is 0.0781. The number of nitrogens with zero attached hydrogens (tertiary/aromatic N) is 1. The number of carbonyl (C=O) groups excluding carboxylic acids is 1. The van der Waals surface area contributed by atoms with Gasteiger partial charge in [-0.1, -0.05) is 30.3 Å². The molecule has 1 aromatic carbocycles. The van der Waals surface area contributed by atoms with Crippen LogP contribution >= 0.6 is 23.7 Å². The van der Waals surface area contributed by atoms with E-state index in [4.69, 9.17) is 10.5 Å². The van der Waals surface area contributed by atoms with Crippen molar-refractivity contribution >= 4 is 29.7 Å². The molecule has 1 saturated heterocycles. The Kier molecular flexibility index (Phi) is 5.37. The summed E-state index contributed by atoms with van der Waals surface area (Å²) in [6, 6.07) is 12.3. The van der Waals surface area contributed by atoms with E-state index < -0.39 is 0 Å². The third-order valence-electron chi connectivity index (χ3n) is 5.37. The van der Waals surface area contributed by atoms with E-state index in [1.807, 2.05) is 29.2 Å². The molecule has 134 valence electrons. The summed E-state index contributed by atoms with van der Waals surface area (Å²) in [6.45, 7) is 1.62. The fourth-order valence-electron chi connectivity index (χ4n) is 4.04. The number of nitrogens with two attached hydrogens (primary N) is 1. The van der Waals surface area contributed by atoms with E-state index in [2.05, 4.69) is 12.1 Å². The maximum absolute atomic E-state index is 13.0. The minimum Gasteiger partial charge on any atom is -0.495 e. The zero-order chi connectivity index (χ0) is 16.7. The summed E-state index contributed by atoms with van der Waals surface area (Å²) in [5.74, 6) is 1.79. The Morgan fingerprint density at radius 3 is 2.68 bits per heavy atom. The number of thiophene rings is 1. The van der Waals surface area contributed by atoms with Gasteiger partial charge in [0.25, 0.3) is 5.91 Å². The van der Waals surface area contributed by atoms with Crippen LogP contribution in [0.1, 0.15) is 22.5 Å². The molecule has 2 aliphatic rings. The second-order valence-corrected chi connectivity index (χ2v) is 7.80. The second kappa shape index (κ2) is 7.36. The molecule has 4 rings (SSSR count). The minimum atomic E-state index is 0. The number of hydrogen-bond donors (Lipinski definition) is 1. The molecule has 2 heterocycles. The molecule has 1 aliphatic heterocycles. The lowest BCUT2D eigenvalue weighted by atomic mass is 9.98. The summed E-state index contributed by atoms with van der Waals surface area (Å²) in [5.41, 5.74) is 7.31. The Labute approximate surface area is 158 Å². The minimum absolute atomic E-state index is 0. The van der Waals surface area contributed by atoms with E-state index in [-0.39, 0.29) is 24.4 Å². The van der Waals surface area contributed by atoms with Crippen molar-refractivity contribution in [2.24, 2.45) is 17.6 Å². The normalized spacial score (nSPS) is 24.7. The number of benzene rings is 1. The van der Waals surface area contributed by atoms with Crippen LogP contribution in [0.4, 0.5) is 0 Å². The SMILES string of the molecule is COc1cc(-c2ccccc2)sc1C(=O)N1CC2CCC(N)C2C1.Cl. The van der Waals surface area contributed by atoms with Crippen LogP contribution in [0.15, 0.2) is 36.4 Å². The Balaban J connectivity index is 0.00000182. The van der Waals surface area contributed by atoms with Gasteiger partial charge in [0.1, 0.15) is 10.6 Å². The van der Waals surface area contributed by atoms with Crippen molar-refractivity contribution in [1.29, 1.82) is 0 Å². The summed E-state index contributed by atoms with van der Waals surface area (Å²) < 4.78 is 5.48. The van der Waals surface area contributed by atoms with Crippen molar-refractivity contribution in [3.05, 3.63) is 41.3 Å². The number of likely N-dealkylation sites (tertiary alicyclic amines) is 1. The average Bonchev–Trinajstić information content (AvgIpc) is 3.31. The maximum Gasteiger partial charge on any atom is 0.267 e. The van der Waals surface area contributed by atoms with Gasteiger partial charge in [-0.05, 0) is 36.3 Å². The van der Waals surface area contributed by atoms with E-state index in [1.165, 1.54) is 11.3 Å². The van der Waals surface area contributed by atoms with Crippen molar-refractivity contribution in [3.8, 4) is 16.2 Å². The Bertz CT molecular complexity index is 749. The first-order chi connectivity index (χ1) is 11.7. The molecule has 0 bridgehead atoms. The van der Waals surface area contributed by atoms with Gasteiger partial charge in [0.05, 0.1) is 7.11 Å². The van der Waals surface area contributed by atoms with Crippen LogP contribution in [-0.2, 0) is 0 Å². The van der Waals surface area contributed by atoms with Crippen molar-refractivity contribution in [3.63, 3.8) is 0 Å². The number of ether oxygens (including phenoxy) is 1. The van der Waals surface area contributed by atoms with Crippen LogP contribution in [0.2, 0.25) is 0 Å². The van der Waals surface area contributed by atoms with Gasteiger partial charge in [-0.25, -0.2) is 0 Å². The summed E-state index contributed by atoms with van der Waals surface area (Å²) in [5, 5.41) is 0. The number of rotatable bonds is 3. The van der Waals surface area contributed by atoms with Gasteiger partial charge in [0.15, 0.2) is 0 Å². The molecule has 1 saturated carbocycles. The number of halogens is 1. The maximum atomic E-state index is 13.0. The Morgan fingerprint density at radius 2 is 2.00 bits per heavy atom. The van der Waals surface area contributed by atoms with Gasteiger partial charge in [-0.2, -0.15) is 0 Å². The molecule has 1 aromatic heterocycles. The van der Waals surface area contributed by atoms with Crippen LogP contribution < -0.4 is 10.5 Å². The first-order valence-electron chi connectivity index (χ1n) is 8.45. The van der Waals surface area contributed by atoms with Crippen molar-refractivity contribution in [2.75, 3.05) is 20.2 Å².